The molecule has 4 aromatic rings. The second kappa shape index (κ2) is 12.9. The molecule has 0 saturated carbocycles. The zero-order chi connectivity index (χ0) is 26.0. The molecule has 4 aromatic carbocycles. The van der Waals surface area contributed by atoms with Crippen molar-refractivity contribution in [3.63, 3.8) is 0 Å². The SMILES string of the molecule is COc1cc(/C=C(/C#N)C(=O)NCCCc2ccccc2)cc(I)c1OCc1cccc2ccccc12. The molecule has 1 N–H and O–H groups in total. The molecule has 1 amide bonds. The highest BCUT2D eigenvalue weighted by Gasteiger charge is 2.14. The highest BCUT2D eigenvalue weighted by Crippen LogP contribution is 2.35. The number of nitrogens with zero attached hydrogens (tertiary/aromatic N) is 1. The van der Waals surface area contributed by atoms with E-state index in [4.69, 9.17) is 9.47 Å². The van der Waals surface area contributed by atoms with Crippen LogP contribution < -0.4 is 14.8 Å². The summed E-state index contributed by atoms with van der Waals surface area (Å²) in [6, 6.07) is 30.1. The number of hydrogen-bond donors (Lipinski definition) is 1. The quantitative estimate of drug-likeness (QED) is 0.0951. The normalized spacial score (nSPS) is 11.1. The maximum Gasteiger partial charge on any atom is 0.261 e. The fourth-order valence-corrected chi connectivity index (χ4v) is 4.86. The molecule has 186 valence electrons. The van der Waals surface area contributed by atoms with Crippen molar-refractivity contribution in [1.82, 2.24) is 5.32 Å². The van der Waals surface area contributed by atoms with E-state index in [1.807, 2.05) is 48.5 Å². The molecule has 0 spiro atoms. The van der Waals surface area contributed by atoms with Gasteiger partial charge < -0.3 is 14.8 Å². The fraction of sp³-hybridized carbons (Fsp3) is 0.161. The third-order valence-corrected chi connectivity index (χ3v) is 6.75. The van der Waals surface area contributed by atoms with Gasteiger partial charge in [-0.1, -0.05) is 72.8 Å². The third-order valence-electron chi connectivity index (χ3n) is 5.95. The maximum absolute atomic E-state index is 12.6. The number of halogens is 1. The zero-order valence-electron chi connectivity index (χ0n) is 20.5. The lowest BCUT2D eigenvalue weighted by atomic mass is 10.1. The van der Waals surface area contributed by atoms with Crippen molar-refractivity contribution in [2.75, 3.05) is 13.7 Å². The second-order valence-corrected chi connectivity index (χ2v) is 9.64. The van der Waals surface area contributed by atoms with Crippen LogP contribution in [0.3, 0.4) is 0 Å². The van der Waals surface area contributed by atoms with Gasteiger partial charge in [-0.15, -0.1) is 0 Å². The Morgan fingerprint density at radius 3 is 2.57 bits per heavy atom. The summed E-state index contributed by atoms with van der Waals surface area (Å²) in [5.74, 6) is 0.775. The summed E-state index contributed by atoms with van der Waals surface area (Å²) in [7, 11) is 1.58. The van der Waals surface area contributed by atoms with Crippen LogP contribution >= 0.6 is 22.6 Å². The van der Waals surface area contributed by atoms with Crippen LogP contribution in [-0.4, -0.2) is 19.6 Å². The Labute approximate surface area is 230 Å². The lowest BCUT2D eigenvalue weighted by Crippen LogP contribution is -2.25. The van der Waals surface area contributed by atoms with Crippen LogP contribution in [0.25, 0.3) is 16.8 Å². The van der Waals surface area contributed by atoms with Crippen LogP contribution in [0.1, 0.15) is 23.1 Å². The van der Waals surface area contributed by atoms with Crippen molar-refractivity contribution in [2.24, 2.45) is 0 Å². The molecule has 0 heterocycles. The lowest BCUT2D eigenvalue weighted by molar-refractivity contribution is -0.117. The molecule has 0 fully saturated rings. The van der Waals surface area contributed by atoms with Crippen LogP contribution in [-0.2, 0) is 17.8 Å². The number of nitrogens with one attached hydrogen (secondary N) is 1. The van der Waals surface area contributed by atoms with Crippen molar-refractivity contribution < 1.29 is 14.3 Å². The lowest BCUT2D eigenvalue weighted by Gasteiger charge is -2.15. The number of fused-ring (bicyclic) bond motifs is 1. The Balaban J connectivity index is 1.44. The van der Waals surface area contributed by atoms with Crippen molar-refractivity contribution >= 4 is 45.3 Å². The summed E-state index contributed by atoms with van der Waals surface area (Å²) in [5.41, 5.74) is 3.03. The minimum Gasteiger partial charge on any atom is -0.493 e. The van der Waals surface area contributed by atoms with E-state index >= 15 is 0 Å². The predicted molar refractivity (Wildman–Crippen MR) is 155 cm³/mol. The predicted octanol–water partition coefficient (Wildman–Crippen LogP) is 6.69. The molecule has 0 aliphatic rings. The van der Waals surface area contributed by atoms with Crippen LogP contribution in [0.2, 0.25) is 0 Å². The molecule has 0 saturated heterocycles. The average molecular weight is 602 g/mol. The first-order valence-electron chi connectivity index (χ1n) is 12.0. The van der Waals surface area contributed by atoms with E-state index in [1.165, 1.54) is 5.56 Å². The van der Waals surface area contributed by atoms with Gasteiger partial charge in [0, 0.05) is 6.54 Å². The molecule has 0 unspecified atom stereocenters. The number of rotatable bonds is 10. The number of nitriles is 1. The largest absolute Gasteiger partial charge is 0.493 e. The summed E-state index contributed by atoms with van der Waals surface area (Å²) in [5, 5.41) is 14.8. The molecule has 6 heteroatoms. The van der Waals surface area contributed by atoms with Crippen molar-refractivity contribution in [3.8, 4) is 17.6 Å². The molecule has 0 radical (unpaired) electrons. The summed E-state index contributed by atoms with van der Waals surface area (Å²) in [6.07, 6.45) is 3.23. The van der Waals surface area contributed by atoms with Gasteiger partial charge in [0.1, 0.15) is 18.2 Å². The van der Waals surface area contributed by atoms with E-state index < -0.39 is 0 Å². The second-order valence-electron chi connectivity index (χ2n) is 8.48. The van der Waals surface area contributed by atoms with Gasteiger partial charge in [0.25, 0.3) is 5.91 Å². The smallest absolute Gasteiger partial charge is 0.261 e. The van der Waals surface area contributed by atoms with Gasteiger partial charge in [-0.25, -0.2) is 0 Å². The average Bonchev–Trinajstić information content (AvgIpc) is 2.93. The topological polar surface area (TPSA) is 71.3 Å². The first-order chi connectivity index (χ1) is 18.1. The third kappa shape index (κ3) is 6.89. The van der Waals surface area contributed by atoms with Crippen LogP contribution in [0.15, 0.2) is 90.5 Å². The van der Waals surface area contributed by atoms with Gasteiger partial charge in [-0.05, 0) is 81.1 Å². The Hall–Kier alpha value is -3.83. The maximum atomic E-state index is 12.6. The zero-order valence-corrected chi connectivity index (χ0v) is 22.7. The minimum absolute atomic E-state index is 0.0435. The number of methoxy groups -OCH3 is 1. The van der Waals surface area contributed by atoms with Crippen molar-refractivity contribution in [3.05, 3.63) is 111 Å². The summed E-state index contributed by atoms with van der Waals surface area (Å²) < 4.78 is 12.6. The van der Waals surface area contributed by atoms with E-state index in [0.29, 0.717) is 30.2 Å². The Morgan fingerprint density at radius 1 is 1.03 bits per heavy atom. The van der Waals surface area contributed by atoms with Crippen molar-refractivity contribution in [1.29, 1.82) is 5.26 Å². The molecule has 0 atom stereocenters. The number of carbonyl (C=O) groups excluding carboxylic acids is 1. The summed E-state index contributed by atoms with van der Waals surface area (Å²) >= 11 is 2.19. The molecule has 0 bridgehead atoms. The van der Waals surface area contributed by atoms with Gasteiger partial charge in [-0.2, -0.15) is 5.26 Å². The van der Waals surface area contributed by atoms with Gasteiger partial charge >= 0.3 is 0 Å². The summed E-state index contributed by atoms with van der Waals surface area (Å²) in [6.45, 7) is 0.881. The number of hydrogen-bond acceptors (Lipinski definition) is 4. The molecule has 0 aliphatic carbocycles. The number of benzene rings is 4. The van der Waals surface area contributed by atoms with Crippen LogP contribution in [0.4, 0.5) is 0 Å². The van der Waals surface area contributed by atoms with Gasteiger partial charge in [0.05, 0.1) is 10.7 Å². The van der Waals surface area contributed by atoms with Gasteiger partial charge in [-0.3, -0.25) is 4.79 Å². The molecule has 0 aliphatic heterocycles. The summed E-state index contributed by atoms with van der Waals surface area (Å²) in [4.78, 5) is 12.6. The van der Waals surface area contributed by atoms with E-state index in [0.717, 1.165) is 32.7 Å². The number of amides is 1. The van der Waals surface area contributed by atoms with Gasteiger partial charge in [0.2, 0.25) is 0 Å². The van der Waals surface area contributed by atoms with E-state index in [1.54, 1.807) is 19.3 Å². The highest BCUT2D eigenvalue weighted by atomic mass is 127. The molecule has 4 rings (SSSR count). The van der Waals surface area contributed by atoms with Crippen LogP contribution in [0.5, 0.6) is 11.5 Å². The Bertz CT molecular complexity index is 1450. The minimum atomic E-state index is -0.388. The monoisotopic (exact) mass is 602 g/mol. The van der Waals surface area contributed by atoms with Gasteiger partial charge in [0.15, 0.2) is 11.5 Å². The standard InChI is InChI=1S/C31H27IN2O3/c1-36-29-19-23(17-26(20-33)31(35)34-16-8-11-22-9-3-2-4-10-22)18-28(32)30(29)37-21-25-14-7-13-24-12-5-6-15-27(24)25/h2-7,9-10,12-15,17-19H,8,11,16,21H2,1H3,(H,34,35)/b26-17-. The molecule has 5 nitrogen and oxygen atoms in total. The van der Waals surface area contributed by atoms with Crippen molar-refractivity contribution in [2.45, 2.75) is 19.4 Å². The number of carbonyl (C=O) groups is 1. The molecular weight excluding hydrogens is 575 g/mol. The van der Waals surface area contributed by atoms with Crippen LogP contribution in [0, 0.1) is 14.9 Å². The number of aryl methyl sites for hydroxylation is 1. The fourth-order valence-electron chi connectivity index (χ4n) is 4.08. The Kier molecular flexibility index (Phi) is 9.17. The highest BCUT2D eigenvalue weighted by molar-refractivity contribution is 14.1. The van der Waals surface area contributed by atoms with E-state index in [2.05, 4.69) is 64.3 Å². The van der Waals surface area contributed by atoms with E-state index in [-0.39, 0.29) is 11.5 Å². The Morgan fingerprint density at radius 2 is 1.78 bits per heavy atom. The first kappa shape index (κ1) is 26.2. The van der Waals surface area contributed by atoms with E-state index in [9.17, 15) is 10.1 Å². The molecule has 37 heavy (non-hydrogen) atoms. The molecular formula is C31H27IN2O3. The first-order valence-corrected chi connectivity index (χ1v) is 13.1. The molecule has 0 aromatic heterocycles. The number of ether oxygens (including phenoxy) is 2.